The number of nitrogens with zero attached hydrogens (tertiary/aromatic N) is 2. The van der Waals surface area contributed by atoms with E-state index in [0.29, 0.717) is 16.5 Å². The first-order valence-electron chi connectivity index (χ1n) is 13.7. The molecule has 0 unspecified atom stereocenters. The Hall–Kier alpha value is -4.00. The molecule has 1 aliphatic heterocycles. The van der Waals surface area contributed by atoms with Gasteiger partial charge in [-0.3, -0.25) is 9.78 Å². The third-order valence-corrected chi connectivity index (χ3v) is 8.25. The standard InChI is InChI=1S/C31H27ClF4N4O4/c1-15-7-16-8-17(9-22(44-28(34)35)24(16)38-12-15)27(41)39-13-31(42,30(36)5-6-30)23-11-20-26(43-14-29(20,2)37)25(40-23)19-10-18(32)3-4-21(19)33/h3-4,7-12,28,42H,5-6,13-14,37H2,1-2H3,(H,39,41)/t29-,31-/m0/s1. The van der Waals surface area contributed by atoms with E-state index in [1.165, 1.54) is 30.5 Å². The van der Waals surface area contributed by atoms with E-state index in [0.717, 1.165) is 12.1 Å². The summed E-state index contributed by atoms with van der Waals surface area (Å²) in [6, 6.07) is 9.40. The number of aryl methyl sites for hydroxylation is 1. The van der Waals surface area contributed by atoms with Crippen molar-refractivity contribution in [1.29, 1.82) is 0 Å². The third kappa shape index (κ3) is 5.20. The zero-order valence-electron chi connectivity index (χ0n) is 23.6. The molecule has 230 valence electrons. The fourth-order valence-corrected chi connectivity index (χ4v) is 5.60. The summed E-state index contributed by atoms with van der Waals surface area (Å²) in [6.45, 7) is -0.416. The van der Waals surface area contributed by atoms with Crippen molar-refractivity contribution in [2.75, 3.05) is 13.2 Å². The number of carbonyl (C=O) groups is 1. The highest BCUT2D eigenvalue weighted by molar-refractivity contribution is 6.30. The number of benzene rings is 2. The number of hydrogen-bond donors (Lipinski definition) is 3. The normalized spacial score (nSPS) is 19.8. The van der Waals surface area contributed by atoms with Crippen LogP contribution in [0.3, 0.4) is 0 Å². The van der Waals surface area contributed by atoms with Crippen molar-refractivity contribution < 1.29 is 36.9 Å². The monoisotopic (exact) mass is 630 g/mol. The highest BCUT2D eigenvalue weighted by atomic mass is 35.5. The number of pyridine rings is 2. The highest BCUT2D eigenvalue weighted by Gasteiger charge is 2.62. The molecule has 1 amide bonds. The highest BCUT2D eigenvalue weighted by Crippen LogP contribution is 2.54. The summed E-state index contributed by atoms with van der Waals surface area (Å²) in [4.78, 5) is 22.0. The molecule has 3 heterocycles. The van der Waals surface area contributed by atoms with Crippen molar-refractivity contribution in [2.45, 2.75) is 50.1 Å². The van der Waals surface area contributed by atoms with E-state index < -0.39 is 41.7 Å². The third-order valence-electron chi connectivity index (χ3n) is 8.01. The number of fused-ring (bicyclic) bond motifs is 2. The first-order chi connectivity index (χ1) is 20.7. The van der Waals surface area contributed by atoms with Gasteiger partial charge in [-0.1, -0.05) is 11.6 Å². The Morgan fingerprint density at radius 1 is 1.25 bits per heavy atom. The Bertz CT molecular complexity index is 1820. The van der Waals surface area contributed by atoms with Crippen LogP contribution in [-0.2, 0) is 11.1 Å². The molecule has 4 N–H and O–H groups in total. The van der Waals surface area contributed by atoms with Crippen LogP contribution in [0.1, 0.15) is 46.9 Å². The fourth-order valence-electron chi connectivity index (χ4n) is 5.43. The summed E-state index contributed by atoms with van der Waals surface area (Å²) in [6.07, 6.45) is 1.40. The van der Waals surface area contributed by atoms with Crippen LogP contribution < -0.4 is 20.5 Å². The topological polar surface area (TPSA) is 120 Å². The maximum atomic E-state index is 16.1. The molecule has 1 fully saturated rings. The molecule has 0 radical (unpaired) electrons. The van der Waals surface area contributed by atoms with Crippen LogP contribution in [0.4, 0.5) is 17.6 Å². The van der Waals surface area contributed by atoms with E-state index >= 15 is 8.78 Å². The second kappa shape index (κ2) is 10.6. The van der Waals surface area contributed by atoms with Crippen molar-refractivity contribution >= 4 is 28.4 Å². The minimum absolute atomic E-state index is 0.0118. The van der Waals surface area contributed by atoms with E-state index in [-0.39, 0.29) is 64.0 Å². The molecule has 44 heavy (non-hydrogen) atoms. The lowest BCUT2D eigenvalue weighted by Crippen LogP contribution is -2.49. The van der Waals surface area contributed by atoms with Gasteiger partial charge in [0.1, 0.15) is 29.3 Å². The van der Waals surface area contributed by atoms with Crippen molar-refractivity contribution in [2.24, 2.45) is 5.73 Å². The zero-order chi connectivity index (χ0) is 31.6. The molecular formula is C31H27ClF4N4O4. The number of hydrogen-bond acceptors (Lipinski definition) is 7. The van der Waals surface area contributed by atoms with Gasteiger partial charge in [-0.25, -0.2) is 13.8 Å². The van der Waals surface area contributed by atoms with Gasteiger partial charge >= 0.3 is 6.61 Å². The summed E-state index contributed by atoms with van der Waals surface area (Å²) < 4.78 is 67.8. The van der Waals surface area contributed by atoms with Crippen molar-refractivity contribution in [1.82, 2.24) is 15.3 Å². The van der Waals surface area contributed by atoms with Gasteiger partial charge in [-0.2, -0.15) is 8.78 Å². The van der Waals surface area contributed by atoms with Gasteiger partial charge < -0.3 is 25.6 Å². The number of amides is 1. The van der Waals surface area contributed by atoms with Crippen LogP contribution >= 0.6 is 11.6 Å². The first kappa shape index (κ1) is 30.0. The molecule has 8 nitrogen and oxygen atoms in total. The largest absolute Gasteiger partial charge is 0.489 e. The Morgan fingerprint density at radius 2 is 2.00 bits per heavy atom. The van der Waals surface area contributed by atoms with E-state index in [4.69, 9.17) is 22.1 Å². The molecule has 0 bridgehead atoms. The number of alkyl halides is 3. The summed E-state index contributed by atoms with van der Waals surface area (Å²) >= 11 is 6.14. The number of rotatable bonds is 8. The van der Waals surface area contributed by atoms with E-state index in [1.54, 1.807) is 19.9 Å². The van der Waals surface area contributed by atoms with E-state index in [2.05, 4.69) is 20.0 Å². The summed E-state index contributed by atoms with van der Waals surface area (Å²) in [7, 11) is 0. The van der Waals surface area contributed by atoms with Crippen LogP contribution in [0, 0.1) is 12.7 Å². The molecule has 4 aromatic rings. The van der Waals surface area contributed by atoms with Crippen molar-refractivity contribution in [3.8, 4) is 22.8 Å². The second-order valence-electron chi connectivity index (χ2n) is 11.5. The predicted octanol–water partition coefficient (Wildman–Crippen LogP) is 5.69. The van der Waals surface area contributed by atoms with Crippen molar-refractivity contribution in [3.05, 3.63) is 81.9 Å². The number of nitrogens with two attached hydrogens (primary N) is 1. The second-order valence-corrected chi connectivity index (χ2v) is 11.9. The molecule has 0 saturated heterocycles. The van der Waals surface area contributed by atoms with Gasteiger partial charge in [-0.15, -0.1) is 0 Å². The molecule has 2 aromatic carbocycles. The fraction of sp³-hybridized carbons (Fsp3) is 0.323. The minimum atomic E-state index is -3.17. The average molecular weight is 631 g/mol. The first-order valence-corrected chi connectivity index (χ1v) is 14.1. The molecule has 1 aliphatic carbocycles. The van der Waals surface area contributed by atoms with Gasteiger partial charge in [0.25, 0.3) is 5.91 Å². The minimum Gasteiger partial charge on any atom is -0.489 e. The number of aromatic nitrogens is 2. The van der Waals surface area contributed by atoms with Crippen LogP contribution in [0.2, 0.25) is 5.02 Å². The lowest BCUT2D eigenvalue weighted by Gasteiger charge is -2.33. The van der Waals surface area contributed by atoms with Crippen LogP contribution in [0.25, 0.3) is 22.2 Å². The van der Waals surface area contributed by atoms with Gasteiger partial charge in [0, 0.05) is 33.3 Å². The Balaban J connectivity index is 1.41. The summed E-state index contributed by atoms with van der Waals surface area (Å²) in [5, 5.41) is 15.1. The number of ether oxygens (including phenoxy) is 2. The quantitative estimate of drug-likeness (QED) is 0.214. The van der Waals surface area contributed by atoms with Gasteiger partial charge in [0.2, 0.25) is 0 Å². The number of halogens is 5. The number of carbonyl (C=O) groups excluding carboxylic acids is 1. The molecule has 0 spiro atoms. The van der Waals surface area contributed by atoms with Gasteiger partial charge in [0.15, 0.2) is 17.1 Å². The molecular weight excluding hydrogens is 604 g/mol. The lowest BCUT2D eigenvalue weighted by atomic mass is 9.86. The van der Waals surface area contributed by atoms with Crippen LogP contribution in [-0.4, -0.2) is 46.4 Å². The smallest absolute Gasteiger partial charge is 0.387 e. The average Bonchev–Trinajstić information content (AvgIpc) is 3.65. The predicted molar refractivity (Wildman–Crippen MR) is 154 cm³/mol. The molecule has 6 rings (SSSR count). The van der Waals surface area contributed by atoms with Gasteiger partial charge in [0.05, 0.1) is 17.8 Å². The summed E-state index contributed by atoms with van der Waals surface area (Å²) in [5.74, 6) is -1.64. The maximum absolute atomic E-state index is 16.1. The SMILES string of the molecule is Cc1cnc2c(OC(F)F)cc(C(=O)NC[C@](O)(c3cc4c(c(-c5cc(Cl)ccc5F)n3)OC[C@]4(C)N)C3(F)CC3)cc2c1. The molecule has 2 aromatic heterocycles. The lowest BCUT2D eigenvalue weighted by molar-refractivity contribution is -0.0566. The maximum Gasteiger partial charge on any atom is 0.387 e. The Labute approximate surface area is 254 Å². The number of aliphatic hydroxyl groups is 1. The molecule has 13 heteroatoms. The van der Waals surface area contributed by atoms with Crippen LogP contribution in [0.15, 0.2) is 48.7 Å². The Kier molecular flexibility index (Phi) is 7.22. The van der Waals surface area contributed by atoms with Crippen molar-refractivity contribution in [3.63, 3.8) is 0 Å². The molecule has 1 saturated carbocycles. The zero-order valence-corrected chi connectivity index (χ0v) is 24.3. The van der Waals surface area contributed by atoms with Crippen LogP contribution in [0.5, 0.6) is 11.5 Å². The molecule has 2 atom stereocenters. The van der Waals surface area contributed by atoms with Gasteiger partial charge in [-0.05, 0) is 74.7 Å². The Morgan fingerprint density at radius 3 is 2.70 bits per heavy atom. The number of nitrogens with one attached hydrogen (secondary N) is 1. The van der Waals surface area contributed by atoms with E-state index in [9.17, 15) is 18.7 Å². The summed E-state index contributed by atoms with van der Waals surface area (Å²) in [5.41, 5.74) is 1.61. The molecule has 2 aliphatic rings. The van der Waals surface area contributed by atoms with E-state index in [1.807, 2.05) is 0 Å².